The van der Waals surface area contributed by atoms with E-state index in [4.69, 9.17) is 0 Å². The van der Waals surface area contributed by atoms with Crippen LogP contribution in [-0.4, -0.2) is 39.2 Å². The third-order valence-corrected chi connectivity index (χ3v) is 4.38. The maximum absolute atomic E-state index is 12.6. The Morgan fingerprint density at radius 1 is 1.50 bits per heavy atom. The van der Waals surface area contributed by atoms with Crippen LogP contribution in [0.5, 0.6) is 0 Å². The molecule has 0 spiro atoms. The van der Waals surface area contributed by atoms with Gasteiger partial charge in [-0.25, -0.2) is 0 Å². The van der Waals surface area contributed by atoms with E-state index in [-0.39, 0.29) is 11.9 Å². The zero-order valence-corrected chi connectivity index (χ0v) is 13.4. The molecule has 0 bridgehead atoms. The lowest BCUT2D eigenvalue weighted by Crippen LogP contribution is -2.43. The van der Waals surface area contributed by atoms with Gasteiger partial charge in [0.25, 0.3) is 0 Å². The number of allylic oxidation sites excluding steroid dienone is 2. The Bertz CT molecular complexity index is 519. The summed E-state index contributed by atoms with van der Waals surface area (Å²) in [6.45, 7) is 3.29. The van der Waals surface area contributed by atoms with Crippen molar-refractivity contribution in [2.24, 2.45) is 0 Å². The van der Waals surface area contributed by atoms with Crippen LogP contribution in [0, 0.1) is 0 Å². The zero-order chi connectivity index (χ0) is 15.4. The van der Waals surface area contributed by atoms with E-state index < -0.39 is 0 Å². The molecule has 1 atom stereocenters. The first kappa shape index (κ1) is 15.3. The lowest BCUT2D eigenvalue weighted by atomic mass is 10.0. The summed E-state index contributed by atoms with van der Waals surface area (Å²) in [5.74, 6) is 0.225. The van der Waals surface area contributed by atoms with E-state index in [1.807, 2.05) is 16.9 Å². The molecule has 0 aliphatic heterocycles. The van der Waals surface area contributed by atoms with Crippen LogP contribution in [0.1, 0.15) is 45.4 Å². The molecule has 2 aliphatic rings. The number of hydrogen-bond acceptors (Lipinski definition) is 3. The molecule has 0 radical (unpaired) electrons. The highest BCUT2D eigenvalue weighted by atomic mass is 16.2. The first-order valence-electron chi connectivity index (χ1n) is 8.46. The molecule has 0 aromatic carbocycles. The van der Waals surface area contributed by atoms with Gasteiger partial charge in [-0.05, 0) is 51.5 Å². The molecular weight excluding hydrogens is 276 g/mol. The molecule has 1 aromatic heterocycles. The first-order valence-corrected chi connectivity index (χ1v) is 8.46. The maximum Gasteiger partial charge on any atom is 0.240 e. The lowest BCUT2D eigenvalue weighted by Gasteiger charge is -2.28. The predicted molar refractivity (Wildman–Crippen MR) is 86.1 cm³/mol. The van der Waals surface area contributed by atoms with Gasteiger partial charge in [0.15, 0.2) is 0 Å². The normalized spacial score (nSPS) is 19.6. The Labute approximate surface area is 132 Å². The summed E-state index contributed by atoms with van der Waals surface area (Å²) in [6.07, 6.45) is 13.0. The minimum absolute atomic E-state index is 0.225. The van der Waals surface area contributed by atoms with Crippen LogP contribution >= 0.6 is 0 Å². The first-order chi connectivity index (χ1) is 10.7. The Balaban J connectivity index is 1.52. The highest BCUT2D eigenvalue weighted by Gasteiger charge is 2.34. The van der Waals surface area contributed by atoms with Crippen LogP contribution in [-0.2, 0) is 11.3 Å². The molecule has 5 heteroatoms. The minimum Gasteiger partial charge on any atom is -0.312 e. The number of aromatic nitrogens is 2. The van der Waals surface area contributed by atoms with Crippen molar-refractivity contribution in [3.63, 3.8) is 0 Å². The second kappa shape index (κ2) is 7.09. The van der Waals surface area contributed by atoms with Crippen LogP contribution in [0.25, 0.3) is 0 Å². The van der Waals surface area contributed by atoms with Crippen molar-refractivity contribution in [2.45, 2.75) is 64.1 Å². The average Bonchev–Trinajstić information content (AvgIpc) is 3.22. The fraction of sp³-hybridized carbons (Fsp3) is 0.647. The van der Waals surface area contributed by atoms with E-state index in [2.05, 4.69) is 28.3 Å². The second-order valence-corrected chi connectivity index (χ2v) is 6.45. The van der Waals surface area contributed by atoms with Gasteiger partial charge in [-0.1, -0.05) is 6.08 Å². The third kappa shape index (κ3) is 3.97. The summed E-state index contributed by atoms with van der Waals surface area (Å²) in [6, 6.07) is 2.60. The van der Waals surface area contributed by atoms with E-state index in [1.54, 1.807) is 6.20 Å². The fourth-order valence-electron chi connectivity index (χ4n) is 3.07. The van der Waals surface area contributed by atoms with E-state index in [0.717, 1.165) is 32.2 Å². The molecule has 1 N–H and O–H groups in total. The molecule has 3 rings (SSSR count). The van der Waals surface area contributed by atoms with E-state index in [1.165, 1.54) is 18.5 Å². The molecule has 22 heavy (non-hydrogen) atoms. The SMILES string of the molecule is C[C@H](Cn1cccn1)NCC(=O)N(C1=CCCCC1)C1CC1. The van der Waals surface area contributed by atoms with Gasteiger partial charge in [-0.15, -0.1) is 0 Å². The Kier molecular flexibility index (Phi) is 4.93. The monoisotopic (exact) mass is 302 g/mol. The van der Waals surface area contributed by atoms with Crippen LogP contribution < -0.4 is 5.32 Å². The molecule has 1 heterocycles. The summed E-state index contributed by atoms with van der Waals surface area (Å²) < 4.78 is 1.89. The van der Waals surface area contributed by atoms with Crippen LogP contribution in [0.2, 0.25) is 0 Å². The molecule has 120 valence electrons. The number of amides is 1. The highest BCUT2D eigenvalue weighted by Crippen LogP contribution is 2.33. The Morgan fingerprint density at radius 3 is 3.00 bits per heavy atom. The molecule has 1 fully saturated rings. The fourth-order valence-corrected chi connectivity index (χ4v) is 3.07. The molecule has 0 unspecified atom stereocenters. The number of carbonyl (C=O) groups is 1. The zero-order valence-electron chi connectivity index (χ0n) is 13.4. The standard InChI is InChI=1S/C17H26N4O/c1-14(13-20-11-5-10-19-20)18-12-17(22)21(16-8-9-16)15-6-3-2-4-7-15/h5-6,10-11,14,16,18H,2-4,7-9,12-13H2,1H3/t14-/m1/s1. The summed E-state index contributed by atoms with van der Waals surface area (Å²) >= 11 is 0. The van der Waals surface area contributed by atoms with E-state index in [0.29, 0.717) is 12.6 Å². The van der Waals surface area contributed by atoms with Gasteiger partial charge in [-0.2, -0.15) is 5.10 Å². The van der Waals surface area contributed by atoms with Crippen molar-refractivity contribution in [1.82, 2.24) is 20.0 Å². The van der Waals surface area contributed by atoms with Gasteiger partial charge < -0.3 is 10.2 Å². The molecule has 1 aromatic rings. The summed E-state index contributed by atoms with van der Waals surface area (Å²) in [4.78, 5) is 14.7. The maximum atomic E-state index is 12.6. The number of nitrogens with one attached hydrogen (secondary N) is 1. The molecular formula is C17H26N4O. The molecule has 2 aliphatic carbocycles. The van der Waals surface area contributed by atoms with Gasteiger partial charge >= 0.3 is 0 Å². The van der Waals surface area contributed by atoms with Gasteiger partial charge in [0.2, 0.25) is 5.91 Å². The van der Waals surface area contributed by atoms with Crippen LogP contribution in [0.15, 0.2) is 30.2 Å². The topological polar surface area (TPSA) is 50.2 Å². The van der Waals surface area contributed by atoms with Gasteiger partial charge in [0.1, 0.15) is 0 Å². The molecule has 1 amide bonds. The lowest BCUT2D eigenvalue weighted by molar-refractivity contribution is -0.129. The Hall–Kier alpha value is -1.62. The van der Waals surface area contributed by atoms with Crippen molar-refractivity contribution in [2.75, 3.05) is 6.54 Å². The van der Waals surface area contributed by atoms with Crippen LogP contribution in [0.4, 0.5) is 0 Å². The van der Waals surface area contributed by atoms with Crippen molar-refractivity contribution >= 4 is 5.91 Å². The quantitative estimate of drug-likeness (QED) is 0.841. The minimum atomic E-state index is 0.225. The van der Waals surface area contributed by atoms with Crippen LogP contribution in [0.3, 0.4) is 0 Å². The third-order valence-electron chi connectivity index (χ3n) is 4.38. The number of nitrogens with zero attached hydrogens (tertiary/aromatic N) is 3. The summed E-state index contributed by atoms with van der Waals surface area (Å²) in [7, 11) is 0. The summed E-state index contributed by atoms with van der Waals surface area (Å²) in [5, 5.41) is 7.55. The van der Waals surface area contributed by atoms with Gasteiger partial charge in [0.05, 0.1) is 13.1 Å². The number of rotatable bonds is 7. The average molecular weight is 302 g/mol. The van der Waals surface area contributed by atoms with E-state index in [9.17, 15) is 4.79 Å². The van der Waals surface area contributed by atoms with Crippen molar-refractivity contribution in [3.8, 4) is 0 Å². The largest absolute Gasteiger partial charge is 0.312 e. The molecule has 0 saturated heterocycles. The predicted octanol–water partition coefficient (Wildman–Crippen LogP) is 2.31. The van der Waals surface area contributed by atoms with Crippen molar-refractivity contribution in [1.29, 1.82) is 0 Å². The number of carbonyl (C=O) groups excluding carboxylic acids is 1. The Morgan fingerprint density at radius 2 is 2.36 bits per heavy atom. The van der Waals surface area contributed by atoms with Gasteiger partial charge in [-0.3, -0.25) is 9.48 Å². The second-order valence-electron chi connectivity index (χ2n) is 6.45. The number of hydrogen-bond donors (Lipinski definition) is 1. The van der Waals surface area contributed by atoms with E-state index >= 15 is 0 Å². The van der Waals surface area contributed by atoms with Crippen molar-refractivity contribution < 1.29 is 4.79 Å². The smallest absolute Gasteiger partial charge is 0.240 e. The molecule has 1 saturated carbocycles. The summed E-state index contributed by atoms with van der Waals surface area (Å²) in [5.41, 5.74) is 1.26. The highest BCUT2D eigenvalue weighted by molar-refractivity contribution is 5.80. The molecule has 5 nitrogen and oxygen atoms in total. The van der Waals surface area contributed by atoms with Gasteiger partial charge in [0, 0.05) is 30.2 Å². The van der Waals surface area contributed by atoms with Crippen molar-refractivity contribution in [3.05, 3.63) is 30.2 Å².